The molecule has 100 valence electrons. The van der Waals surface area contributed by atoms with E-state index in [2.05, 4.69) is 12.2 Å². The Morgan fingerprint density at radius 3 is 2.78 bits per heavy atom. The van der Waals surface area contributed by atoms with Crippen molar-refractivity contribution in [3.63, 3.8) is 0 Å². The van der Waals surface area contributed by atoms with Crippen molar-refractivity contribution in [1.82, 2.24) is 5.32 Å². The number of nitrogens with one attached hydrogen (secondary N) is 1. The molecule has 3 heteroatoms. The predicted molar refractivity (Wildman–Crippen MR) is 69.9 cm³/mol. The van der Waals surface area contributed by atoms with Gasteiger partial charge in [0.15, 0.2) is 0 Å². The molecule has 2 saturated carbocycles. The molecule has 0 amide bonds. The maximum atomic E-state index is 8.96. The first kappa shape index (κ1) is 12.2. The number of furan rings is 1. The van der Waals surface area contributed by atoms with E-state index in [1.807, 2.05) is 12.1 Å². The first-order valence-corrected chi connectivity index (χ1v) is 7.18. The minimum Gasteiger partial charge on any atom is -0.462 e. The quantitative estimate of drug-likeness (QED) is 0.843. The van der Waals surface area contributed by atoms with Crippen molar-refractivity contribution in [2.75, 3.05) is 0 Å². The lowest BCUT2D eigenvalue weighted by Gasteiger charge is -2.28. The van der Waals surface area contributed by atoms with E-state index in [1.165, 1.54) is 25.7 Å². The van der Waals surface area contributed by atoms with Gasteiger partial charge in [-0.3, -0.25) is 0 Å². The van der Waals surface area contributed by atoms with Gasteiger partial charge < -0.3 is 14.8 Å². The predicted octanol–water partition coefficient (Wildman–Crippen LogP) is 2.69. The lowest BCUT2D eigenvalue weighted by atomic mass is 9.84. The Morgan fingerprint density at radius 2 is 2.17 bits per heavy atom. The van der Waals surface area contributed by atoms with Crippen molar-refractivity contribution >= 4 is 0 Å². The Balaban J connectivity index is 1.50. The fourth-order valence-electron chi connectivity index (χ4n) is 3.92. The molecule has 1 aromatic heterocycles. The molecule has 2 bridgehead atoms. The van der Waals surface area contributed by atoms with Crippen molar-refractivity contribution in [2.24, 2.45) is 17.8 Å². The zero-order valence-corrected chi connectivity index (χ0v) is 11.1. The molecule has 2 N–H and O–H groups in total. The molecular weight excluding hydrogens is 226 g/mol. The Bertz CT molecular complexity index is 401. The van der Waals surface area contributed by atoms with E-state index < -0.39 is 0 Å². The first-order chi connectivity index (χ1) is 8.76. The molecule has 1 heterocycles. The van der Waals surface area contributed by atoms with Crippen molar-refractivity contribution in [3.8, 4) is 0 Å². The molecular formula is C15H23NO2. The molecule has 2 aliphatic rings. The van der Waals surface area contributed by atoms with Crippen LogP contribution < -0.4 is 5.32 Å². The van der Waals surface area contributed by atoms with Crippen LogP contribution in [0.1, 0.15) is 44.1 Å². The summed E-state index contributed by atoms with van der Waals surface area (Å²) in [5, 5.41) is 12.5. The molecule has 0 spiro atoms. The molecule has 3 nitrogen and oxygen atoms in total. The van der Waals surface area contributed by atoms with Gasteiger partial charge in [-0.1, -0.05) is 6.42 Å². The summed E-state index contributed by atoms with van der Waals surface area (Å²) in [5.41, 5.74) is 0. The summed E-state index contributed by atoms with van der Waals surface area (Å²) in [6.07, 6.45) is 5.79. The topological polar surface area (TPSA) is 45.4 Å². The molecule has 0 saturated heterocycles. The Kier molecular flexibility index (Phi) is 3.44. The van der Waals surface area contributed by atoms with Crippen LogP contribution in [0.5, 0.6) is 0 Å². The van der Waals surface area contributed by atoms with Crippen LogP contribution in [0.4, 0.5) is 0 Å². The van der Waals surface area contributed by atoms with Crippen LogP contribution in [-0.2, 0) is 13.2 Å². The Morgan fingerprint density at radius 1 is 1.33 bits per heavy atom. The highest BCUT2D eigenvalue weighted by Crippen LogP contribution is 2.49. The summed E-state index contributed by atoms with van der Waals surface area (Å²) in [4.78, 5) is 0. The van der Waals surface area contributed by atoms with Gasteiger partial charge in [0.05, 0.1) is 6.54 Å². The van der Waals surface area contributed by atoms with Crippen molar-refractivity contribution in [3.05, 3.63) is 23.7 Å². The van der Waals surface area contributed by atoms with Crippen LogP contribution in [0.25, 0.3) is 0 Å². The van der Waals surface area contributed by atoms with Crippen LogP contribution in [0.3, 0.4) is 0 Å². The highest BCUT2D eigenvalue weighted by molar-refractivity contribution is 5.06. The Labute approximate surface area is 109 Å². The van der Waals surface area contributed by atoms with Crippen LogP contribution in [-0.4, -0.2) is 11.1 Å². The molecule has 1 aromatic rings. The fourth-order valence-corrected chi connectivity index (χ4v) is 3.92. The minimum atomic E-state index is -0.0120. The minimum absolute atomic E-state index is 0.0120. The van der Waals surface area contributed by atoms with Crippen LogP contribution in [0, 0.1) is 17.8 Å². The van der Waals surface area contributed by atoms with Gasteiger partial charge in [-0.2, -0.15) is 0 Å². The third-order valence-corrected chi connectivity index (χ3v) is 4.91. The third-order valence-electron chi connectivity index (χ3n) is 4.91. The van der Waals surface area contributed by atoms with E-state index in [0.29, 0.717) is 11.8 Å². The van der Waals surface area contributed by atoms with Crippen molar-refractivity contribution in [1.29, 1.82) is 0 Å². The Hall–Kier alpha value is -0.800. The summed E-state index contributed by atoms with van der Waals surface area (Å²) in [6, 6.07) is 4.37. The highest BCUT2D eigenvalue weighted by Gasteiger charge is 2.41. The summed E-state index contributed by atoms with van der Waals surface area (Å²) in [5.74, 6) is 4.40. The van der Waals surface area contributed by atoms with E-state index in [4.69, 9.17) is 9.52 Å². The monoisotopic (exact) mass is 249 g/mol. The van der Waals surface area contributed by atoms with Crippen LogP contribution in [0.2, 0.25) is 0 Å². The van der Waals surface area contributed by atoms with Gasteiger partial charge in [0.2, 0.25) is 0 Å². The number of rotatable bonds is 5. The summed E-state index contributed by atoms with van der Waals surface area (Å²) < 4.78 is 5.50. The second kappa shape index (κ2) is 5.06. The molecule has 18 heavy (non-hydrogen) atoms. The normalized spacial score (nSPS) is 32.0. The van der Waals surface area contributed by atoms with Gasteiger partial charge >= 0.3 is 0 Å². The SMILES string of the molecule is CC(NCc1ccc(CO)o1)C1CC2CCC1C2. The summed E-state index contributed by atoms with van der Waals surface area (Å²) in [7, 11) is 0. The smallest absolute Gasteiger partial charge is 0.129 e. The number of hydrogen-bond donors (Lipinski definition) is 2. The molecule has 2 fully saturated rings. The first-order valence-electron chi connectivity index (χ1n) is 7.18. The van der Waals surface area contributed by atoms with E-state index in [1.54, 1.807) is 0 Å². The number of hydrogen-bond acceptors (Lipinski definition) is 3. The zero-order valence-electron chi connectivity index (χ0n) is 11.1. The van der Waals surface area contributed by atoms with Gasteiger partial charge in [-0.05, 0) is 56.1 Å². The van der Waals surface area contributed by atoms with Gasteiger partial charge in [0.1, 0.15) is 18.1 Å². The van der Waals surface area contributed by atoms with Crippen molar-refractivity contribution < 1.29 is 9.52 Å². The molecule has 2 aliphatic carbocycles. The lowest BCUT2D eigenvalue weighted by Crippen LogP contribution is -2.35. The second-order valence-electron chi connectivity index (χ2n) is 6.03. The van der Waals surface area contributed by atoms with E-state index in [-0.39, 0.29) is 6.61 Å². The van der Waals surface area contributed by atoms with Crippen LogP contribution in [0.15, 0.2) is 16.5 Å². The summed E-state index contributed by atoms with van der Waals surface area (Å²) in [6.45, 7) is 3.07. The number of aliphatic hydroxyl groups excluding tert-OH is 1. The molecule has 0 aliphatic heterocycles. The number of aliphatic hydroxyl groups is 1. The number of fused-ring (bicyclic) bond motifs is 2. The molecule has 0 aromatic carbocycles. The van der Waals surface area contributed by atoms with Crippen molar-refractivity contribution in [2.45, 2.75) is 51.8 Å². The third kappa shape index (κ3) is 2.34. The van der Waals surface area contributed by atoms with Crippen LogP contribution >= 0.6 is 0 Å². The fraction of sp³-hybridized carbons (Fsp3) is 0.733. The maximum Gasteiger partial charge on any atom is 0.129 e. The van der Waals surface area contributed by atoms with E-state index in [0.717, 1.165) is 30.1 Å². The van der Waals surface area contributed by atoms with E-state index in [9.17, 15) is 0 Å². The summed E-state index contributed by atoms with van der Waals surface area (Å²) >= 11 is 0. The maximum absolute atomic E-state index is 8.96. The average molecular weight is 249 g/mol. The van der Waals surface area contributed by atoms with Gasteiger partial charge in [0, 0.05) is 6.04 Å². The molecule has 4 atom stereocenters. The van der Waals surface area contributed by atoms with Gasteiger partial charge in [-0.15, -0.1) is 0 Å². The molecule has 4 unspecified atom stereocenters. The van der Waals surface area contributed by atoms with Gasteiger partial charge in [-0.25, -0.2) is 0 Å². The van der Waals surface area contributed by atoms with Gasteiger partial charge in [0.25, 0.3) is 0 Å². The average Bonchev–Trinajstić information content (AvgIpc) is 3.11. The standard InChI is InChI=1S/C15H23NO2/c1-10(15-7-11-2-3-12(15)6-11)16-8-13-4-5-14(9-17)18-13/h4-5,10-12,15-17H,2-3,6-9H2,1H3. The zero-order chi connectivity index (χ0) is 12.5. The largest absolute Gasteiger partial charge is 0.462 e. The molecule has 3 rings (SSSR count). The highest BCUT2D eigenvalue weighted by atomic mass is 16.4. The molecule has 0 radical (unpaired) electrons. The van der Waals surface area contributed by atoms with E-state index >= 15 is 0 Å². The second-order valence-corrected chi connectivity index (χ2v) is 6.03. The lowest BCUT2D eigenvalue weighted by molar-refractivity contribution is 0.236.